The number of hydrogen-bond acceptors (Lipinski definition) is 6. The molecule has 0 N–H and O–H groups in total. The minimum Gasteiger partial charge on any atom is -0.288 e. The van der Waals surface area contributed by atoms with Crippen molar-refractivity contribution in [2.45, 2.75) is 43.7 Å². The largest absolute Gasteiger partial charge is 0.288 e. The molecule has 0 bridgehead atoms. The molecular weight excluding hydrogens is 270 g/mol. The quantitative estimate of drug-likeness (QED) is 0.843. The van der Waals surface area contributed by atoms with E-state index in [2.05, 4.69) is 10.3 Å². The molecule has 1 saturated carbocycles. The van der Waals surface area contributed by atoms with E-state index >= 15 is 0 Å². The highest BCUT2D eigenvalue weighted by atomic mass is 32.2. The Morgan fingerprint density at radius 1 is 1.39 bits per heavy atom. The molecule has 2 atom stereocenters. The van der Waals surface area contributed by atoms with Crippen LogP contribution in [0.3, 0.4) is 0 Å². The molecular formula is C11H15N3O2S2. The predicted molar refractivity (Wildman–Crippen MR) is 72.3 cm³/mol. The number of nitrogens with zero attached hydrogens (tertiary/aromatic N) is 3. The van der Waals surface area contributed by atoms with Crippen molar-refractivity contribution in [2.24, 2.45) is 0 Å². The van der Waals surface area contributed by atoms with E-state index in [0.29, 0.717) is 11.0 Å². The monoisotopic (exact) mass is 285 g/mol. The zero-order valence-electron chi connectivity index (χ0n) is 10.3. The summed E-state index contributed by atoms with van der Waals surface area (Å²) in [6.07, 6.45) is 3.97. The number of hydrogen-bond donors (Lipinski definition) is 0. The highest BCUT2D eigenvalue weighted by molar-refractivity contribution is 8.14. The van der Waals surface area contributed by atoms with Crippen molar-refractivity contribution in [1.82, 2.24) is 15.0 Å². The van der Waals surface area contributed by atoms with Gasteiger partial charge in [0.2, 0.25) is 0 Å². The molecule has 0 spiro atoms. The van der Waals surface area contributed by atoms with Crippen LogP contribution in [0.1, 0.15) is 38.4 Å². The molecule has 1 aliphatic carbocycles. The lowest BCUT2D eigenvalue weighted by Gasteiger charge is -2.34. The summed E-state index contributed by atoms with van der Waals surface area (Å²) in [4.78, 5) is 21.9. The normalized spacial score (nSPS) is 22.6. The molecule has 2 unspecified atom stereocenters. The summed E-state index contributed by atoms with van der Waals surface area (Å²) in [6.45, 7) is 3.14. The molecule has 7 heteroatoms. The summed E-state index contributed by atoms with van der Waals surface area (Å²) in [5.74, 6) is 0.562. The van der Waals surface area contributed by atoms with Gasteiger partial charge in [-0.2, -0.15) is 0 Å². The van der Waals surface area contributed by atoms with Gasteiger partial charge in [-0.15, -0.1) is 5.10 Å². The molecule has 1 aliphatic rings. The second-order valence-electron chi connectivity index (χ2n) is 4.26. The van der Waals surface area contributed by atoms with Gasteiger partial charge < -0.3 is 0 Å². The number of rotatable bonds is 4. The molecule has 2 rings (SSSR count). The fraction of sp³-hybridized carbons (Fsp3) is 0.636. The van der Waals surface area contributed by atoms with E-state index in [-0.39, 0.29) is 16.3 Å². The fourth-order valence-electron chi connectivity index (χ4n) is 1.82. The first kappa shape index (κ1) is 13.6. The van der Waals surface area contributed by atoms with E-state index in [0.717, 1.165) is 18.5 Å². The molecule has 98 valence electrons. The van der Waals surface area contributed by atoms with Crippen LogP contribution >= 0.6 is 23.5 Å². The predicted octanol–water partition coefficient (Wildman–Crippen LogP) is 2.04. The SMILES string of the molecule is CC(=O)SCc1cn(C2CCC2SC(C)=O)nn1. The molecule has 5 nitrogen and oxygen atoms in total. The van der Waals surface area contributed by atoms with Crippen molar-refractivity contribution < 1.29 is 9.59 Å². The molecule has 0 aromatic carbocycles. The van der Waals surface area contributed by atoms with Crippen LogP contribution in [0, 0.1) is 0 Å². The van der Waals surface area contributed by atoms with Crippen LogP contribution in [0.15, 0.2) is 6.20 Å². The Kier molecular flexibility index (Phi) is 4.45. The summed E-state index contributed by atoms with van der Waals surface area (Å²) in [5, 5.41) is 8.69. The molecule has 1 fully saturated rings. The van der Waals surface area contributed by atoms with E-state index in [1.54, 1.807) is 13.8 Å². The van der Waals surface area contributed by atoms with Crippen LogP contribution < -0.4 is 0 Å². The van der Waals surface area contributed by atoms with Gasteiger partial charge in [0.15, 0.2) is 10.2 Å². The van der Waals surface area contributed by atoms with Crippen LogP contribution in [0.5, 0.6) is 0 Å². The first-order valence-electron chi connectivity index (χ1n) is 5.77. The number of carbonyl (C=O) groups is 2. The summed E-state index contributed by atoms with van der Waals surface area (Å²) in [6, 6.07) is 0.266. The van der Waals surface area contributed by atoms with Crippen LogP contribution in [-0.2, 0) is 15.3 Å². The van der Waals surface area contributed by atoms with E-state index < -0.39 is 0 Å². The Hall–Kier alpha value is -0.820. The van der Waals surface area contributed by atoms with Crippen molar-refractivity contribution in [2.75, 3.05) is 0 Å². The lowest BCUT2D eigenvalue weighted by Crippen LogP contribution is -2.32. The molecule has 18 heavy (non-hydrogen) atoms. The zero-order chi connectivity index (χ0) is 13.1. The smallest absolute Gasteiger partial charge is 0.186 e. The second kappa shape index (κ2) is 5.88. The minimum atomic E-state index is 0.0817. The standard InChI is InChI=1S/C11H15N3O2S2/c1-7(15)17-6-9-5-14(13-12-9)10-3-4-11(10)18-8(2)16/h5,10-11H,3-4,6H2,1-2H3. The third-order valence-corrected chi connectivity index (χ3v) is 4.85. The average molecular weight is 285 g/mol. The fourth-order valence-corrected chi connectivity index (χ4v) is 3.40. The van der Waals surface area contributed by atoms with Crippen LogP contribution in [-0.4, -0.2) is 30.5 Å². The third kappa shape index (κ3) is 3.35. The van der Waals surface area contributed by atoms with Gasteiger partial charge in [0.1, 0.15) is 0 Å². The van der Waals surface area contributed by atoms with Crippen LogP contribution in [0.25, 0.3) is 0 Å². The number of thioether (sulfide) groups is 2. The molecule has 0 amide bonds. The van der Waals surface area contributed by atoms with Gasteiger partial charge in [0, 0.05) is 31.0 Å². The Balaban J connectivity index is 1.93. The summed E-state index contributed by atoms with van der Waals surface area (Å²) in [5.41, 5.74) is 0.814. The van der Waals surface area contributed by atoms with E-state index in [4.69, 9.17) is 0 Å². The van der Waals surface area contributed by atoms with Gasteiger partial charge in [-0.25, -0.2) is 4.68 Å². The number of carbonyl (C=O) groups excluding carboxylic acids is 2. The highest BCUT2D eigenvalue weighted by Crippen LogP contribution is 2.40. The van der Waals surface area contributed by atoms with Crippen molar-refractivity contribution in [3.05, 3.63) is 11.9 Å². The maximum Gasteiger partial charge on any atom is 0.186 e. The summed E-state index contributed by atoms with van der Waals surface area (Å²) >= 11 is 2.62. The molecule has 0 saturated heterocycles. The topological polar surface area (TPSA) is 64.8 Å². The first-order valence-corrected chi connectivity index (χ1v) is 7.64. The molecule has 1 aromatic rings. The van der Waals surface area contributed by atoms with Gasteiger partial charge >= 0.3 is 0 Å². The van der Waals surface area contributed by atoms with Gasteiger partial charge in [-0.1, -0.05) is 28.7 Å². The van der Waals surface area contributed by atoms with Crippen molar-refractivity contribution in [1.29, 1.82) is 0 Å². The van der Waals surface area contributed by atoms with Gasteiger partial charge in [-0.05, 0) is 12.8 Å². The summed E-state index contributed by atoms with van der Waals surface area (Å²) < 4.78 is 1.83. The van der Waals surface area contributed by atoms with Crippen molar-refractivity contribution >= 4 is 33.8 Å². The Morgan fingerprint density at radius 2 is 2.17 bits per heavy atom. The van der Waals surface area contributed by atoms with Crippen LogP contribution in [0.2, 0.25) is 0 Å². The Labute approximate surface area is 114 Å². The average Bonchev–Trinajstić information content (AvgIpc) is 2.70. The molecule has 1 aromatic heterocycles. The van der Waals surface area contributed by atoms with Gasteiger partial charge in [0.05, 0.1) is 11.7 Å². The maximum atomic E-state index is 11.1. The highest BCUT2D eigenvalue weighted by Gasteiger charge is 2.34. The van der Waals surface area contributed by atoms with Crippen molar-refractivity contribution in [3.8, 4) is 0 Å². The van der Waals surface area contributed by atoms with Crippen molar-refractivity contribution in [3.63, 3.8) is 0 Å². The molecule has 1 heterocycles. The minimum absolute atomic E-state index is 0.0817. The Morgan fingerprint density at radius 3 is 2.72 bits per heavy atom. The first-order chi connectivity index (χ1) is 8.56. The van der Waals surface area contributed by atoms with E-state index in [1.165, 1.54) is 23.5 Å². The van der Waals surface area contributed by atoms with E-state index in [1.807, 2.05) is 10.9 Å². The Bertz CT molecular complexity index is 461. The van der Waals surface area contributed by atoms with Gasteiger partial charge in [-0.3, -0.25) is 9.59 Å². The maximum absolute atomic E-state index is 11.1. The number of aromatic nitrogens is 3. The third-order valence-electron chi connectivity index (χ3n) is 2.81. The lowest BCUT2D eigenvalue weighted by molar-refractivity contribution is -0.110. The van der Waals surface area contributed by atoms with E-state index in [9.17, 15) is 9.59 Å². The van der Waals surface area contributed by atoms with Crippen LogP contribution in [0.4, 0.5) is 0 Å². The second-order valence-corrected chi connectivity index (χ2v) is 6.83. The molecule has 0 aliphatic heterocycles. The molecule has 0 radical (unpaired) electrons. The van der Waals surface area contributed by atoms with Gasteiger partial charge in [0.25, 0.3) is 0 Å². The zero-order valence-corrected chi connectivity index (χ0v) is 12.0. The lowest BCUT2D eigenvalue weighted by atomic mass is 9.92. The summed E-state index contributed by atoms with van der Waals surface area (Å²) in [7, 11) is 0.